The third-order valence-electron chi connectivity index (χ3n) is 4.66. The molecule has 126 valence electrons. The van der Waals surface area contributed by atoms with E-state index < -0.39 is 11.7 Å². The molecule has 2 unspecified atom stereocenters. The molecule has 8 heteroatoms. The van der Waals surface area contributed by atoms with E-state index in [2.05, 4.69) is 11.6 Å². The number of hydrogen-bond donors (Lipinski definition) is 2. The van der Waals surface area contributed by atoms with Crippen LogP contribution < -0.4 is 9.46 Å². The van der Waals surface area contributed by atoms with Crippen LogP contribution in [0.25, 0.3) is 0 Å². The van der Waals surface area contributed by atoms with Gasteiger partial charge in [-0.25, -0.2) is 4.39 Å². The smallest absolute Gasteiger partial charge is 0.265 e. The third-order valence-corrected chi connectivity index (χ3v) is 5.50. The van der Waals surface area contributed by atoms with Crippen LogP contribution in [-0.4, -0.2) is 28.7 Å². The Morgan fingerprint density at radius 2 is 2.13 bits per heavy atom. The summed E-state index contributed by atoms with van der Waals surface area (Å²) in [5.74, 6) is 1.10. The van der Waals surface area contributed by atoms with Crippen LogP contribution in [0.4, 0.5) is 4.39 Å². The van der Waals surface area contributed by atoms with Gasteiger partial charge in [0.25, 0.3) is 5.91 Å². The van der Waals surface area contributed by atoms with Gasteiger partial charge in [0.1, 0.15) is 11.6 Å². The predicted molar refractivity (Wildman–Crippen MR) is 85.8 cm³/mol. The van der Waals surface area contributed by atoms with Gasteiger partial charge in [0, 0.05) is 13.1 Å². The average Bonchev–Trinajstić information content (AvgIpc) is 2.91. The van der Waals surface area contributed by atoms with Crippen molar-refractivity contribution in [2.75, 3.05) is 7.05 Å². The molecule has 0 aromatic heterocycles. The highest BCUT2D eigenvalue weighted by atomic mass is 35.5. The van der Waals surface area contributed by atoms with Crippen molar-refractivity contribution in [3.05, 3.63) is 28.5 Å². The normalized spacial score (nSPS) is 28.6. The molecular formula is C15H18ClFN2O3S. The van der Waals surface area contributed by atoms with E-state index in [1.165, 1.54) is 13.1 Å². The van der Waals surface area contributed by atoms with Crippen LogP contribution >= 0.6 is 23.7 Å². The van der Waals surface area contributed by atoms with Crippen LogP contribution in [-0.2, 0) is 0 Å². The van der Waals surface area contributed by atoms with E-state index in [0.717, 1.165) is 36.7 Å². The van der Waals surface area contributed by atoms with Gasteiger partial charge in [0.15, 0.2) is 0 Å². The van der Waals surface area contributed by atoms with Crippen molar-refractivity contribution in [1.29, 1.82) is 0 Å². The lowest BCUT2D eigenvalue weighted by Crippen LogP contribution is -2.22. The highest BCUT2D eigenvalue weighted by Gasteiger charge is 2.53. The molecule has 0 heterocycles. The summed E-state index contributed by atoms with van der Waals surface area (Å²) < 4.78 is 22.9. The lowest BCUT2D eigenvalue weighted by molar-refractivity contribution is 0.0440. The molecular weight excluding hydrogens is 343 g/mol. The maximum Gasteiger partial charge on any atom is 0.265 e. The fourth-order valence-electron chi connectivity index (χ4n) is 3.35. The minimum absolute atomic E-state index is 0.0661. The molecule has 1 aromatic carbocycles. The van der Waals surface area contributed by atoms with Gasteiger partial charge in [-0.3, -0.25) is 9.52 Å². The highest BCUT2D eigenvalue weighted by molar-refractivity contribution is 7.95. The Morgan fingerprint density at radius 3 is 2.74 bits per heavy atom. The first-order valence-corrected chi connectivity index (χ1v) is 8.57. The van der Waals surface area contributed by atoms with Gasteiger partial charge >= 0.3 is 0 Å². The molecule has 3 rings (SSSR count). The molecule has 0 spiro atoms. The standard InChI is InChI=1S/C15H18ClFN2O3S/c1-7-9-3-8(4-10(7)9)22-14-6-13(17)11(5-12(14)16)15(20)18-23-19(2)21/h5-10,21H,3-4H2,1-2H3,(H,18,20). The molecule has 2 N–H and O–H groups in total. The summed E-state index contributed by atoms with van der Waals surface area (Å²) in [6.45, 7) is 2.24. The van der Waals surface area contributed by atoms with E-state index in [-0.39, 0.29) is 22.4 Å². The molecule has 2 fully saturated rings. The van der Waals surface area contributed by atoms with Crippen LogP contribution in [0.3, 0.4) is 0 Å². The molecule has 5 nitrogen and oxygen atoms in total. The third kappa shape index (κ3) is 3.57. The van der Waals surface area contributed by atoms with E-state index in [1.807, 2.05) is 0 Å². The average molecular weight is 361 g/mol. The number of hydrogen-bond acceptors (Lipinski definition) is 5. The molecule has 1 amide bonds. The van der Waals surface area contributed by atoms with Crippen molar-refractivity contribution in [2.24, 2.45) is 17.8 Å². The van der Waals surface area contributed by atoms with Crippen LogP contribution in [0, 0.1) is 23.6 Å². The zero-order valence-corrected chi connectivity index (χ0v) is 14.3. The Hall–Kier alpha value is -1.02. The van der Waals surface area contributed by atoms with Crippen molar-refractivity contribution >= 4 is 29.6 Å². The quantitative estimate of drug-likeness (QED) is 0.621. The second kappa shape index (κ2) is 6.47. The topological polar surface area (TPSA) is 61.8 Å². The maximum absolute atomic E-state index is 14.1. The zero-order valence-electron chi connectivity index (χ0n) is 12.8. The summed E-state index contributed by atoms with van der Waals surface area (Å²) in [6, 6.07) is 2.40. The first-order valence-electron chi connectivity index (χ1n) is 7.42. The Balaban J connectivity index is 1.66. The molecule has 23 heavy (non-hydrogen) atoms. The van der Waals surface area contributed by atoms with E-state index in [1.54, 1.807) is 0 Å². The predicted octanol–water partition coefficient (Wildman–Crippen LogP) is 3.52. The molecule has 2 aliphatic rings. The number of fused-ring (bicyclic) bond motifs is 1. The molecule has 2 atom stereocenters. The maximum atomic E-state index is 14.1. The van der Waals surface area contributed by atoms with Gasteiger partial charge in [-0.05, 0) is 36.7 Å². The number of benzene rings is 1. The Morgan fingerprint density at radius 1 is 1.48 bits per heavy atom. The Labute approximate surface area is 143 Å². The Bertz CT molecular complexity index is 619. The monoisotopic (exact) mass is 360 g/mol. The van der Waals surface area contributed by atoms with Crippen LogP contribution in [0.5, 0.6) is 5.75 Å². The number of nitrogens with zero attached hydrogens (tertiary/aromatic N) is 1. The summed E-state index contributed by atoms with van der Waals surface area (Å²) in [4.78, 5) is 11.9. The molecule has 0 saturated heterocycles. The fourth-order valence-corrected chi connectivity index (χ4v) is 3.88. The van der Waals surface area contributed by atoms with Crippen molar-refractivity contribution < 1.29 is 19.1 Å². The lowest BCUT2D eigenvalue weighted by Gasteiger charge is -2.18. The van der Waals surface area contributed by atoms with Crippen molar-refractivity contribution in [3.63, 3.8) is 0 Å². The number of amides is 1. The largest absolute Gasteiger partial charge is 0.489 e. The number of carbonyl (C=O) groups excluding carboxylic acids is 1. The number of hydroxylamine groups is 1. The first-order chi connectivity index (χ1) is 10.9. The minimum Gasteiger partial charge on any atom is -0.489 e. The summed E-state index contributed by atoms with van der Waals surface area (Å²) in [6.07, 6.45) is 2.02. The van der Waals surface area contributed by atoms with Gasteiger partial charge in [0.05, 0.1) is 28.8 Å². The van der Waals surface area contributed by atoms with E-state index >= 15 is 0 Å². The van der Waals surface area contributed by atoms with Crippen molar-refractivity contribution in [1.82, 2.24) is 9.19 Å². The molecule has 1 aromatic rings. The second-order valence-corrected chi connectivity index (χ2v) is 7.47. The molecule has 2 aliphatic carbocycles. The number of halogens is 2. The number of rotatable bonds is 5. The minimum atomic E-state index is -0.709. The molecule has 2 saturated carbocycles. The van der Waals surface area contributed by atoms with Gasteiger partial charge in [-0.2, -0.15) is 0 Å². The van der Waals surface area contributed by atoms with Gasteiger partial charge in [0.2, 0.25) is 0 Å². The Kier molecular flexibility index (Phi) is 4.73. The first kappa shape index (κ1) is 16.8. The highest BCUT2D eigenvalue weighted by Crippen LogP contribution is 2.57. The van der Waals surface area contributed by atoms with E-state index in [0.29, 0.717) is 16.6 Å². The van der Waals surface area contributed by atoms with Crippen molar-refractivity contribution in [3.8, 4) is 5.75 Å². The van der Waals surface area contributed by atoms with Gasteiger partial charge in [-0.15, -0.1) is 4.47 Å². The van der Waals surface area contributed by atoms with Crippen molar-refractivity contribution in [2.45, 2.75) is 25.9 Å². The molecule has 0 aliphatic heterocycles. The summed E-state index contributed by atoms with van der Waals surface area (Å²) in [7, 11) is 1.33. The number of carbonyl (C=O) groups is 1. The van der Waals surface area contributed by atoms with E-state index in [4.69, 9.17) is 21.5 Å². The summed E-state index contributed by atoms with van der Waals surface area (Å²) >= 11 is 6.76. The summed E-state index contributed by atoms with van der Waals surface area (Å²) in [5, 5.41) is 9.16. The van der Waals surface area contributed by atoms with Gasteiger partial charge in [-0.1, -0.05) is 18.5 Å². The van der Waals surface area contributed by atoms with Gasteiger partial charge < -0.3 is 9.94 Å². The zero-order chi connectivity index (χ0) is 16.7. The lowest BCUT2D eigenvalue weighted by atomic mass is 10.1. The number of ether oxygens (including phenoxy) is 1. The number of nitrogens with one attached hydrogen (secondary N) is 1. The SMILES string of the molecule is CC1C2CC(Oc3cc(F)c(C(=O)NSN(C)O)cc3Cl)CC12. The second-order valence-electron chi connectivity index (χ2n) is 6.15. The van der Waals surface area contributed by atoms with Crippen LogP contribution in [0.15, 0.2) is 12.1 Å². The molecule has 0 bridgehead atoms. The fraction of sp³-hybridized carbons (Fsp3) is 0.533. The van der Waals surface area contributed by atoms with E-state index in [9.17, 15) is 9.18 Å². The molecule has 0 radical (unpaired) electrons. The van der Waals surface area contributed by atoms with Crippen LogP contribution in [0.1, 0.15) is 30.1 Å². The summed E-state index contributed by atoms with van der Waals surface area (Å²) in [5.41, 5.74) is -0.195. The van der Waals surface area contributed by atoms with Crippen LogP contribution in [0.2, 0.25) is 5.02 Å².